The van der Waals surface area contributed by atoms with Crippen LogP contribution in [0.15, 0.2) is 12.2 Å². The highest BCUT2D eigenvalue weighted by atomic mass is 16.1. The van der Waals surface area contributed by atoms with E-state index in [1.165, 1.54) is 5.57 Å². The molecule has 0 aromatic rings. The molecular weight excluding hydrogens is 148 g/mol. The van der Waals surface area contributed by atoms with Crippen LogP contribution in [0.4, 0.5) is 0 Å². The van der Waals surface area contributed by atoms with E-state index in [9.17, 15) is 4.79 Å². The maximum Gasteiger partial charge on any atom is 0.140 e. The quantitative estimate of drug-likeness (QED) is 0.503. The van der Waals surface area contributed by atoms with Gasteiger partial charge in [0, 0.05) is 11.8 Å². The molecule has 2 bridgehead atoms. The minimum absolute atomic E-state index is 0.102. The summed E-state index contributed by atoms with van der Waals surface area (Å²) in [6.45, 7) is 10.6. The van der Waals surface area contributed by atoms with E-state index in [1.54, 1.807) is 0 Å². The Morgan fingerprint density at radius 3 is 2.25 bits per heavy atom. The molecule has 0 amide bonds. The summed E-state index contributed by atoms with van der Waals surface area (Å²) in [5.41, 5.74) is 1.35. The van der Waals surface area contributed by atoms with Crippen LogP contribution in [0.25, 0.3) is 0 Å². The van der Waals surface area contributed by atoms with Crippen LogP contribution in [0.1, 0.15) is 33.6 Å². The zero-order valence-electron chi connectivity index (χ0n) is 8.11. The summed E-state index contributed by atoms with van der Waals surface area (Å²) in [6, 6.07) is 0. The highest BCUT2D eigenvalue weighted by Gasteiger charge is 2.62. The van der Waals surface area contributed by atoms with Crippen LogP contribution in [0.3, 0.4) is 0 Å². The Morgan fingerprint density at radius 1 is 1.42 bits per heavy atom. The van der Waals surface area contributed by atoms with Crippen molar-refractivity contribution in [3.63, 3.8) is 0 Å². The molecule has 0 N–H and O–H groups in total. The fourth-order valence-corrected chi connectivity index (χ4v) is 2.97. The lowest BCUT2D eigenvalue weighted by Gasteiger charge is -2.31. The summed E-state index contributed by atoms with van der Waals surface area (Å²) in [5, 5.41) is 0. The van der Waals surface area contributed by atoms with Gasteiger partial charge in [0.1, 0.15) is 5.78 Å². The Bertz CT molecular complexity index is 275. The van der Waals surface area contributed by atoms with Gasteiger partial charge in [0.05, 0.1) is 0 Å². The number of Topliss-reactive ketones (excluding diaryl/α,β-unsaturated/α-hetero) is 1. The van der Waals surface area contributed by atoms with Crippen molar-refractivity contribution in [1.29, 1.82) is 0 Å². The number of ketones is 1. The Balaban J connectivity index is 2.54. The van der Waals surface area contributed by atoms with Crippen molar-refractivity contribution < 1.29 is 4.79 Å². The van der Waals surface area contributed by atoms with Crippen LogP contribution in [0.2, 0.25) is 0 Å². The molecule has 2 fully saturated rings. The van der Waals surface area contributed by atoms with Crippen LogP contribution < -0.4 is 0 Å². The van der Waals surface area contributed by atoms with E-state index in [2.05, 4.69) is 27.4 Å². The minimum atomic E-state index is -0.102. The molecule has 2 aliphatic carbocycles. The van der Waals surface area contributed by atoms with E-state index >= 15 is 0 Å². The number of hydrogen-bond acceptors (Lipinski definition) is 1. The maximum absolute atomic E-state index is 11.7. The monoisotopic (exact) mass is 164 g/mol. The molecule has 66 valence electrons. The predicted octanol–water partition coefficient (Wildman–Crippen LogP) is 2.57. The molecule has 2 atom stereocenters. The van der Waals surface area contributed by atoms with Crippen LogP contribution in [0, 0.1) is 16.7 Å². The zero-order valence-corrected chi connectivity index (χ0v) is 8.11. The first-order chi connectivity index (χ1) is 5.39. The fourth-order valence-electron chi connectivity index (χ4n) is 2.97. The van der Waals surface area contributed by atoms with Crippen molar-refractivity contribution in [1.82, 2.24) is 0 Å². The van der Waals surface area contributed by atoms with Crippen molar-refractivity contribution in [2.24, 2.45) is 16.7 Å². The lowest BCUT2D eigenvalue weighted by Crippen LogP contribution is -2.32. The summed E-state index contributed by atoms with van der Waals surface area (Å²) in [7, 11) is 0. The minimum Gasteiger partial charge on any atom is -0.299 e. The lowest BCUT2D eigenvalue weighted by molar-refractivity contribution is -0.127. The summed E-state index contributed by atoms with van der Waals surface area (Å²) in [5.74, 6) is 0.903. The van der Waals surface area contributed by atoms with Crippen LogP contribution >= 0.6 is 0 Å². The summed E-state index contributed by atoms with van der Waals surface area (Å²) >= 11 is 0. The van der Waals surface area contributed by atoms with Crippen molar-refractivity contribution in [3.8, 4) is 0 Å². The second-order valence-corrected chi connectivity index (χ2v) is 5.07. The number of fused-ring (bicyclic) bond motifs is 2. The molecule has 0 saturated heterocycles. The molecule has 1 heteroatoms. The topological polar surface area (TPSA) is 17.1 Å². The Labute approximate surface area is 73.8 Å². The molecule has 1 nitrogen and oxygen atoms in total. The second-order valence-electron chi connectivity index (χ2n) is 5.07. The molecule has 0 radical (unpaired) electrons. The number of carbonyl (C=O) groups excluding carboxylic acids is 1. The average Bonchev–Trinajstić information content (AvgIpc) is 2.18. The summed E-state index contributed by atoms with van der Waals surface area (Å²) in [4.78, 5) is 11.7. The lowest BCUT2D eigenvalue weighted by atomic mass is 9.70. The molecule has 12 heavy (non-hydrogen) atoms. The number of allylic oxidation sites excluding steroid dienone is 1. The molecule has 0 spiro atoms. The van der Waals surface area contributed by atoms with Crippen molar-refractivity contribution in [2.45, 2.75) is 33.6 Å². The van der Waals surface area contributed by atoms with Gasteiger partial charge in [-0.2, -0.15) is 0 Å². The Kier molecular flexibility index (Phi) is 1.23. The van der Waals surface area contributed by atoms with Gasteiger partial charge in [-0.1, -0.05) is 32.9 Å². The normalized spacial score (nSPS) is 44.1. The third kappa shape index (κ3) is 0.596. The molecule has 2 rings (SSSR count). The molecule has 0 aliphatic heterocycles. The fraction of sp³-hybridized carbons (Fsp3) is 0.727. The summed E-state index contributed by atoms with van der Waals surface area (Å²) < 4.78 is 0. The maximum atomic E-state index is 11.7. The smallest absolute Gasteiger partial charge is 0.140 e. The zero-order chi connectivity index (χ0) is 9.15. The van der Waals surface area contributed by atoms with Crippen molar-refractivity contribution >= 4 is 5.78 Å². The van der Waals surface area contributed by atoms with Gasteiger partial charge in [0.2, 0.25) is 0 Å². The molecular formula is C11H16O. The van der Waals surface area contributed by atoms with E-state index < -0.39 is 0 Å². The Hall–Kier alpha value is -0.590. The third-order valence-corrected chi connectivity index (χ3v) is 4.37. The van der Waals surface area contributed by atoms with E-state index in [0.717, 1.165) is 12.8 Å². The van der Waals surface area contributed by atoms with Crippen LogP contribution in [-0.2, 0) is 4.79 Å². The van der Waals surface area contributed by atoms with Gasteiger partial charge in [-0.3, -0.25) is 4.79 Å². The second kappa shape index (κ2) is 1.84. The van der Waals surface area contributed by atoms with Gasteiger partial charge < -0.3 is 0 Å². The first-order valence-electron chi connectivity index (χ1n) is 4.60. The molecule has 0 aromatic carbocycles. The van der Waals surface area contributed by atoms with E-state index in [4.69, 9.17) is 0 Å². The van der Waals surface area contributed by atoms with Gasteiger partial charge in [-0.25, -0.2) is 0 Å². The van der Waals surface area contributed by atoms with Crippen LogP contribution in [-0.4, -0.2) is 5.78 Å². The van der Waals surface area contributed by atoms with Crippen molar-refractivity contribution in [2.75, 3.05) is 0 Å². The number of rotatable bonds is 0. The highest BCUT2D eigenvalue weighted by Crippen LogP contribution is 2.65. The highest BCUT2D eigenvalue weighted by molar-refractivity contribution is 5.90. The SMILES string of the molecule is C=C1C[C@@]2(C)C(=O)C[C@@H]1C2(C)C. The standard InChI is InChI=1S/C11H16O/c1-7-6-11(4)9(12)5-8(7)10(11,2)3/h8H,1,5-6H2,2-4H3/t8-,11-/m0/s1. The van der Waals surface area contributed by atoms with E-state index in [-0.39, 0.29) is 10.8 Å². The molecule has 0 unspecified atom stereocenters. The first kappa shape index (κ1) is 8.03. The molecule has 2 aliphatic rings. The molecule has 0 aromatic heterocycles. The Morgan fingerprint density at radius 2 is 2.00 bits per heavy atom. The molecule has 0 heterocycles. The predicted molar refractivity (Wildman–Crippen MR) is 48.8 cm³/mol. The van der Waals surface area contributed by atoms with E-state index in [0.29, 0.717) is 11.7 Å². The van der Waals surface area contributed by atoms with E-state index in [1.807, 2.05) is 0 Å². The first-order valence-corrected chi connectivity index (χ1v) is 4.60. The number of hydrogen-bond donors (Lipinski definition) is 0. The average molecular weight is 164 g/mol. The van der Waals surface area contributed by atoms with Gasteiger partial charge in [-0.15, -0.1) is 0 Å². The van der Waals surface area contributed by atoms with Crippen LogP contribution in [0.5, 0.6) is 0 Å². The molecule has 2 saturated carbocycles. The largest absolute Gasteiger partial charge is 0.299 e. The van der Waals surface area contributed by atoms with Gasteiger partial charge in [0.15, 0.2) is 0 Å². The van der Waals surface area contributed by atoms with Crippen molar-refractivity contribution in [3.05, 3.63) is 12.2 Å². The third-order valence-electron chi connectivity index (χ3n) is 4.37. The van der Waals surface area contributed by atoms with Gasteiger partial charge in [-0.05, 0) is 17.8 Å². The van der Waals surface area contributed by atoms with Gasteiger partial charge in [0.25, 0.3) is 0 Å². The number of carbonyl (C=O) groups is 1. The van der Waals surface area contributed by atoms with Gasteiger partial charge >= 0.3 is 0 Å². The summed E-state index contributed by atoms with van der Waals surface area (Å²) in [6.07, 6.45) is 1.66.